The molecule has 2 atom stereocenters. The van der Waals surface area contributed by atoms with E-state index in [9.17, 15) is 17.7 Å². The van der Waals surface area contributed by atoms with Gasteiger partial charge in [-0.05, 0) is 54.8 Å². The number of anilines is 1. The molecule has 0 amide bonds. The maximum Gasteiger partial charge on any atom is 0.419 e. The van der Waals surface area contributed by atoms with Crippen LogP contribution in [-0.2, 0) is 9.09 Å². The zero-order chi connectivity index (χ0) is 18.8. The van der Waals surface area contributed by atoms with Gasteiger partial charge in [-0.2, -0.15) is 13.2 Å². The molecule has 2 aromatic carbocycles. The summed E-state index contributed by atoms with van der Waals surface area (Å²) in [5, 5.41) is 2.88. The number of alkyl halides is 3. The summed E-state index contributed by atoms with van der Waals surface area (Å²) in [6, 6.07) is 10.2. The molecule has 0 aliphatic carbocycles. The monoisotopic (exact) mass is 391 g/mol. The molecular formula is C17H18ClF3NO2P. The van der Waals surface area contributed by atoms with E-state index in [1.54, 1.807) is 18.2 Å². The number of nitrogens with one attached hydrogen (secondary N) is 1. The molecule has 0 spiro atoms. The topological polar surface area (TPSA) is 38.3 Å². The first-order chi connectivity index (χ1) is 11.5. The molecule has 8 heteroatoms. The van der Waals surface area contributed by atoms with Gasteiger partial charge in [-0.25, -0.2) is 0 Å². The molecule has 1 N–H and O–H groups in total. The molecule has 0 aromatic heterocycles. The number of benzene rings is 2. The average Bonchev–Trinajstić information content (AvgIpc) is 2.48. The Balaban J connectivity index is 2.25. The molecule has 0 unspecified atom stereocenters. The molecule has 2 rings (SSSR count). The van der Waals surface area contributed by atoms with E-state index >= 15 is 0 Å². The van der Waals surface area contributed by atoms with Crippen molar-refractivity contribution in [2.24, 2.45) is 0 Å². The van der Waals surface area contributed by atoms with Gasteiger partial charge >= 0.3 is 6.18 Å². The third-order valence-corrected chi connectivity index (χ3v) is 5.15. The molecular weight excluding hydrogens is 374 g/mol. The Hall–Kier alpha value is -1.49. The quantitative estimate of drug-likeness (QED) is 0.590. The Bertz CT molecular complexity index is 793. The van der Waals surface area contributed by atoms with Gasteiger partial charge in [0.05, 0.1) is 0 Å². The summed E-state index contributed by atoms with van der Waals surface area (Å²) in [4.78, 5) is 0. The fourth-order valence-corrected chi connectivity index (χ4v) is 3.65. The summed E-state index contributed by atoms with van der Waals surface area (Å²) in [6.45, 7) is 4.88. The van der Waals surface area contributed by atoms with Crippen LogP contribution in [0.1, 0.15) is 22.8 Å². The number of aryl methyl sites for hydroxylation is 2. The number of halogens is 4. The summed E-state index contributed by atoms with van der Waals surface area (Å²) in [7, 11) is -3.78. The van der Waals surface area contributed by atoms with Crippen molar-refractivity contribution in [2.75, 3.05) is 11.8 Å². The predicted molar refractivity (Wildman–Crippen MR) is 94.4 cm³/mol. The van der Waals surface area contributed by atoms with Crippen LogP contribution in [0.5, 0.6) is 0 Å². The van der Waals surface area contributed by atoms with Gasteiger partial charge in [0.15, 0.2) is 6.10 Å². The van der Waals surface area contributed by atoms with E-state index in [4.69, 9.17) is 16.1 Å². The van der Waals surface area contributed by atoms with Gasteiger partial charge in [0.1, 0.15) is 0 Å². The highest BCUT2D eigenvalue weighted by Gasteiger charge is 2.45. The van der Waals surface area contributed by atoms with Gasteiger partial charge in [0.25, 0.3) is 7.52 Å². The fraction of sp³-hybridized carbons (Fsp3) is 0.294. The van der Waals surface area contributed by atoms with Gasteiger partial charge in [-0.3, -0.25) is 9.09 Å². The van der Waals surface area contributed by atoms with Crippen LogP contribution >= 0.6 is 19.1 Å². The molecule has 0 radical (unpaired) electrons. The lowest BCUT2D eigenvalue weighted by Gasteiger charge is -2.26. The first kappa shape index (κ1) is 19.8. The minimum absolute atomic E-state index is 0.166. The van der Waals surface area contributed by atoms with E-state index < -0.39 is 19.8 Å². The first-order valence-electron chi connectivity index (χ1n) is 7.41. The molecule has 3 nitrogen and oxygen atoms in total. The molecule has 0 aliphatic rings. The molecule has 0 fully saturated rings. The van der Waals surface area contributed by atoms with Crippen LogP contribution in [-0.4, -0.2) is 12.8 Å². The van der Waals surface area contributed by atoms with Crippen molar-refractivity contribution < 1.29 is 22.3 Å². The highest BCUT2D eigenvalue weighted by Crippen LogP contribution is 2.51. The van der Waals surface area contributed by atoms with Crippen molar-refractivity contribution in [3.8, 4) is 0 Å². The van der Waals surface area contributed by atoms with Crippen LogP contribution < -0.4 is 5.09 Å². The van der Waals surface area contributed by atoms with E-state index in [1.165, 1.54) is 24.3 Å². The summed E-state index contributed by atoms with van der Waals surface area (Å²) >= 11 is 5.71. The summed E-state index contributed by atoms with van der Waals surface area (Å²) in [5.41, 5.74) is 2.22. The Kier molecular flexibility index (Phi) is 5.87. The first-order valence-corrected chi connectivity index (χ1v) is 9.86. The number of hydrogen-bond acceptors (Lipinski definition) is 2. The van der Waals surface area contributed by atoms with Crippen molar-refractivity contribution in [3.63, 3.8) is 0 Å². The lowest BCUT2D eigenvalue weighted by molar-refractivity contribution is -0.197. The van der Waals surface area contributed by atoms with Gasteiger partial charge in [-0.1, -0.05) is 29.8 Å². The maximum atomic E-state index is 13.4. The van der Waals surface area contributed by atoms with Crippen molar-refractivity contribution in [2.45, 2.75) is 26.1 Å². The fourth-order valence-electron chi connectivity index (χ4n) is 2.22. The molecule has 0 bridgehead atoms. The van der Waals surface area contributed by atoms with E-state index in [-0.39, 0.29) is 5.56 Å². The molecule has 0 saturated carbocycles. The molecule has 0 aliphatic heterocycles. The van der Waals surface area contributed by atoms with Crippen molar-refractivity contribution in [1.82, 2.24) is 0 Å². The smallest absolute Gasteiger partial charge is 0.316 e. The minimum atomic E-state index is -4.72. The van der Waals surface area contributed by atoms with Crippen LogP contribution in [0.25, 0.3) is 0 Å². The maximum absolute atomic E-state index is 13.4. The van der Waals surface area contributed by atoms with Crippen molar-refractivity contribution in [1.29, 1.82) is 0 Å². The summed E-state index contributed by atoms with van der Waals surface area (Å²) in [6.07, 6.45) is -7.04. The Morgan fingerprint density at radius 3 is 2.20 bits per heavy atom. The molecule has 0 saturated heterocycles. The molecule has 0 heterocycles. The van der Waals surface area contributed by atoms with Crippen LogP contribution in [0.3, 0.4) is 0 Å². The second-order valence-corrected chi connectivity index (χ2v) is 8.40. The Morgan fingerprint density at radius 1 is 1.08 bits per heavy atom. The second-order valence-electron chi connectivity index (χ2n) is 5.84. The van der Waals surface area contributed by atoms with Crippen molar-refractivity contribution >= 4 is 24.8 Å². The van der Waals surface area contributed by atoms with Crippen LogP contribution in [0, 0.1) is 13.8 Å². The molecule has 25 heavy (non-hydrogen) atoms. The predicted octanol–water partition coefficient (Wildman–Crippen LogP) is 6.51. The van der Waals surface area contributed by atoms with Gasteiger partial charge in [0, 0.05) is 17.4 Å². The standard InChI is InChI=1S/C17H18ClF3NO2P/c1-11-4-9-15(10-12(11)2)22-25(3,23)24-16(17(19,20)21)13-5-7-14(18)8-6-13/h4-10,16H,1-3H3,(H,22,23)/t16-,25-/m0/s1. The second kappa shape index (κ2) is 7.40. The van der Waals surface area contributed by atoms with Crippen LogP contribution in [0.2, 0.25) is 5.02 Å². The number of hydrogen-bond donors (Lipinski definition) is 1. The Labute approximate surface area is 149 Å². The lowest BCUT2D eigenvalue weighted by Crippen LogP contribution is -2.23. The Morgan fingerprint density at radius 2 is 1.68 bits per heavy atom. The van der Waals surface area contributed by atoms with E-state index in [2.05, 4.69) is 5.09 Å². The molecule has 136 valence electrons. The van der Waals surface area contributed by atoms with Crippen LogP contribution in [0.4, 0.5) is 18.9 Å². The highest BCUT2D eigenvalue weighted by molar-refractivity contribution is 7.59. The zero-order valence-electron chi connectivity index (χ0n) is 13.9. The van der Waals surface area contributed by atoms with Crippen LogP contribution in [0.15, 0.2) is 42.5 Å². The largest absolute Gasteiger partial charge is 0.419 e. The van der Waals surface area contributed by atoms with E-state index in [0.717, 1.165) is 17.8 Å². The van der Waals surface area contributed by atoms with Gasteiger partial charge in [-0.15, -0.1) is 0 Å². The third-order valence-electron chi connectivity index (χ3n) is 3.62. The van der Waals surface area contributed by atoms with E-state index in [0.29, 0.717) is 10.7 Å². The molecule has 2 aromatic rings. The minimum Gasteiger partial charge on any atom is -0.316 e. The summed E-state index contributed by atoms with van der Waals surface area (Å²) < 4.78 is 57.8. The number of rotatable bonds is 5. The normalized spacial score (nSPS) is 15.5. The third kappa shape index (κ3) is 5.50. The lowest BCUT2D eigenvalue weighted by atomic mass is 10.1. The van der Waals surface area contributed by atoms with Crippen molar-refractivity contribution in [3.05, 3.63) is 64.2 Å². The highest BCUT2D eigenvalue weighted by atomic mass is 35.5. The average molecular weight is 392 g/mol. The van der Waals surface area contributed by atoms with Gasteiger partial charge < -0.3 is 5.09 Å². The van der Waals surface area contributed by atoms with E-state index in [1.807, 2.05) is 13.8 Å². The zero-order valence-corrected chi connectivity index (χ0v) is 15.5. The SMILES string of the molecule is Cc1ccc(N[P@@](C)(=O)O[C@@H](c2ccc(Cl)cc2)C(F)(F)F)cc1C. The summed E-state index contributed by atoms with van der Waals surface area (Å²) in [5.74, 6) is 0. The van der Waals surface area contributed by atoms with Gasteiger partial charge in [0.2, 0.25) is 0 Å².